The van der Waals surface area contributed by atoms with Crippen LogP contribution < -0.4 is 9.64 Å². The van der Waals surface area contributed by atoms with E-state index >= 15 is 0 Å². The van der Waals surface area contributed by atoms with Gasteiger partial charge in [0.1, 0.15) is 17.6 Å². The number of hydrogen-bond donors (Lipinski definition) is 1. The first-order chi connectivity index (χ1) is 14.8. The van der Waals surface area contributed by atoms with Crippen molar-refractivity contribution in [1.29, 1.82) is 0 Å². The number of anilines is 1. The molecule has 8 heteroatoms. The van der Waals surface area contributed by atoms with Gasteiger partial charge in [0.05, 0.1) is 12.7 Å². The monoisotopic (exact) mass is 441 g/mol. The minimum Gasteiger partial charge on any atom is -0.507 e. The quantitative estimate of drug-likeness (QED) is 0.353. The third-order valence-corrected chi connectivity index (χ3v) is 6.05. The van der Waals surface area contributed by atoms with Crippen LogP contribution in [0.3, 0.4) is 0 Å². The van der Waals surface area contributed by atoms with Gasteiger partial charge in [-0.25, -0.2) is 8.78 Å². The maximum absolute atomic E-state index is 13.9. The van der Waals surface area contributed by atoms with Crippen LogP contribution in [0.1, 0.15) is 22.0 Å². The number of aryl methyl sites for hydroxylation is 1. The third kappa shape index (κ3) is 3.48. The van der Waals surface area contributed by atoms with Crippen LogP contribution in [0.4, 0.5) is 14.5 Å². The molecule has 1 N–H and O–H groups in total. The summed E-state index contributed by atoms with van der Waals surface area (Å²) in [5.41, 5.74) is 0.904. The largest absolute Gasteiger partial charge is 0.507 e. The molecule has 2 heterocycles. The second-order valence-electron chi connectivity index (χ2n) is 6.96. The predicted octanol–water partition coefficient (Wildman–Crippen LogP) is 4.97. The first-order valence-electron chi connectivity index (χ1n) is 9.28. The molecule has 1 atom stereocenters. The number of aliphatic hydroxyl groups is 1. The van der Waals surface area contributed by atoms with Gasteiger partial charge < -0.3 is 9.84 Å². The first-order valence-corrected chi connectivity index (χ1v) is 10.2. The van der Waals surface area contributed by atoms with E-state index in [0.717, 1.165) is 17.0 Å². The van der Waals surface area contributed by atoms with E-state index in [1.807, 2.05) is 0 Å². The van der Waals surface area contributed by atoms with Gasteiger partial charge >= 0.3 is 0 Å². The standard InChI is InChI=1S/C23H17F2NO4S/c1-12-10-14(30-2)6-7-15(12)21(27)19-20(18-4-3-9-31-18)26(23(29)22(19)28)13-5-8-16(24)17(25)11-13/h3-11,20,27H,1-2H3/b21-19-. The lowest BCUT2D eigenvalue weighted by Crippen LogP contribution is -2.29. The second-order valence-corrected chi connectivity index (χ2v) is 7.94. The molecular formula is C23H17F2NO4S. The van der Waals surface area contributed by atoms with Crippen LogP contribution in [-0.2, 0) is 9.59 Å². The average molecular weight is 441 g/mol. The van der Waals surface area contributed by atoms with Gasteiger partial charge in [-0.15, -0.1) is 11.3 Å². The Kier molecular flexibility index (Phi) is 5.32. The molecule has 31 heavy (non-hydrogen) atoms. The summed E-state index contributed by atoms with van der Waals surface area (Å²) >= 11 is 1.28. The van der Waals surface area contributed by atoms with Gasteiger partial charge in [-0.1, -0.05) is 6.07 Å². The molecule has 0 bridgehead atoms. The predicted molar refractivity (Wildman–Crippen MR) is 113 cm³/mol. The number of nitrogens with zero attached hydrogens (tertiary/aromatic N) is 1. The van der Waals surface area contributed by atoms with Gasteiger partial charge in [0.15, 0.2) is 11.6 Å². The number of hydrogen-bond acceptors (Lipinski definition) is 5. The zero-order chi connectivity index (χ0) is 22.3. The summed E-state index contributed by atoms with van der Waals surface area (Å²) < 4.78 is 32.5. The SMILES string of the molecule is COc1ccc(/C(O)=C2/C(=O)C(=O)N(c3ccc(F)c(F)c3)C2c2cccs2)c(C)c1. The highest BCUT2D eigenvalue weighted by atomic mass is 32.1. The minimum atomic E-state index is -1.14. The van der Waals surface area contributed by atoms with Crippen molar-refractivity contribution in [2.45, 2.75) is 13.0 Å². The maximum Gasteiger partial charge on any atom is 0.300 e. The Balaban J connectivity index is 1.93. The van der Waals surface area contributed by atoms with E-state index in [1.54, 1.807) is 42.6 Å². The molecule has 2 aromatic carbocycles. The Morgan fingerprint density at radius 2 is 1.87 bits per heavy atom. The van der Waals surface area contributed by atoms with E-state index in [-0.39, 0.29) is 17.0 Å². The van der Waals surface area contributed by atoms with Gasteiger partial charge in [0, 0.05) is 22.2 Å². The van der Waals surface area contributed by atoms with Crippen LogP contribution in [0.25, 0.3) is 5.76 Å². The van der Waals surface area contributed by atoms with Crippen molar-refractivity contribution in [3.63, 3.8) is 0 Å². The number of benzene rings is 2. The van der Waals surface area contributed by atoms with Crippen LogP contribution in [0.15, 0.2) is 59.5 Å². The summed E-state index contributed by atoms with van der Waals surface area (Å²) in [7, 11) is 1.51. The molecule has 1 unspecified atom stereocenters. The van der Waals surface area contributed by atoms with Gasteiger partial charge in [-0.2, -0.15) is 0 Å². The Hall–Kier alpha value is -3.52. The second kappa shape index (κ2) is 7.96. The fourth-order valence-electron chi connectivity index (χ4n) is 3.62. The molecule has 1 aromatic heterocycles. The fourth-order valence-corrected chi connectivity index (χ4v) is 4.45. The van der Waals surface area contributed by atoms with E-state index in [0.29, 0.717) is 21.8 Å². The number of carbonyl (C=O) groups is 2. The number of carbonyl (C=O) groups excluding carboxylic acids is 2. The molecule has 0 saturated carbocycles. The van der Waals surface area contributed by atoms with Crippen molar-refractivity contribution in [3.8, 4) is 5.75 Å². The summed E-state index contributed by atoms with van der Waals surface area (Å²) in [6.45, 7) is 1.74. The van der Waals surface area contributed by atoms with Crippen LogP contribution in [0, 0.1) is 18.6 Å². The highest BCUT2D eigenvalue weighted by molar-refractivity contribution is 7.10. The van der Waals surface area contributed by atoms with Crippen molar-refractivity contribution < 1.29 is 28.2 Å². The molecule has 1 saturated heterocycles. The summed E-state index contributed by atoms with van der Waals surface area (Å²) in [4.78, 5) is 27.6. The molecular weight excluding hydrogens is 424 g/mol. The van der Waals surface area contributed by atoms with Crippen molar-refractivity contribution >= 4 is 34.5 Å². The molecule has 158 valence electrons. The summed E-state index contributed by atoms with van der Waals surface area (Å²) in [6, 6.07) is 10.4. The first kappa shape index (κ1) is 20.7. The molecule has 3 aromatic rings. The molecule has 1 aliphatic heterocycles. The van der Waals surface area contributed by atoms with Crippen LogP contribution >= 0.6 is 11.3 Å². The smallest absolute Gasteiger partial charge is 0.300 e. The molecule has 0 radical (unpaired) electrons. The van der Waals surface area contributed by atoms with Crippen LogP contribution in [0.5, 0.6) is 5.75 Å². The van der Waals surface area contributed by atoms with Gasteiger partial charge in [-0.3, -0.25) is 14.5 Å². The van der Waals surface area contributed by atoms with E-state index in [4.69, 9.17) is 4.74 Å². The zero-order valence-corrected chi connectivity index (χ0v) is 17.4. The zero-order valence-electron chi connectivity index (χ0n) is 16.6. The fraction of sp³-hybridized carbons (Fsp3) is 0.130. The van der Waals surface area contributed by atoms with E-state index in [2.05, 4.69) is 0 Å². The number of thiophene rings is 1. The number of methoxy groups -OCH3 is 1. The third-order valence-electron chi connectivity index (χ3n) is 5.13. The highest BCUT2D eigenvalue weighted by Gasteiger charge is 2.47. The van der Waals surface area contributed by atoms with E-state index in [1.165, 1.54) is 24.5 Å². The Bertz CT molecular complexity index is 1220. The molecule has 1 amide bonds. The topological polar surface area (TPSA) is 66.8 Å². The summed E-state index contributed by atoms with van der Waals surface area (Å²) in [5, 5.41) is 12.9. The Morgan fingerprint density at radius 3 is 2.48 bits per heavy atom. The number of ether oxygens (including phenoxy) is 1. The lowest BCUT2D eigenvalue weighted by atomic mass is 9.97. The number of aliphatic hydroxyl groups excluding tert-OH is 1. The molecule has 4 rings (SSSR count). The summed E-state index contributed by atoms with van der Waals surface area (Å²) in [5.74, 6) is -3.82. The molecule has 1 aliphatic rings. The maximum atomic E-state index is 13.9. The van der Waals surface area contributed by atoms with Crippen LogP contribution in [-0.4, -0.2) is 23.9 Å². The number of Topliss-reactive ketones (excluding diaryl/α,β-unsaturated/α-hetero) is 1. The van der Waals surface area contributed by atoms with Gasteiger partial charge in [0.25, 0.3) is 11.7 Å². The summed E-state index contributed by atoms with van der Waals surface area (Å²) in [6.07, 6.45) is 0. The number of rotatable bonds is 4. The van der Waals surface area contributed by atoms with E-state index < -0.39 is 29.4 Å². The van der Waals surface area contributed by atoms with Crippen molar-refractivity contribution in [2.75, 3.05) is 12.0 Å². The number of amides is 1. The normalized spacial score (nSPS) is 17.9. The highest BCUT2D eigenvalue weighted by Crippen LogP contribution is 2.44. The van der Waals surface area contributed by atoms with Crippen LogP contribution in [0.2, 0.25) is 0 Å². The Morgan fingerprint density at radius 1 is 1.10 bits per heavy atom. The van der Waals surface area contributed by atoms with Crippen molar-refractivity contribution in [3.05, 3.63) is 87.1 Å². The Labute approximate surface area is 180 Å². The van der Waals surface area contributed by atoms with Gasteiger partial charge in [-0.05, 0) is 54.3 Å². The van der Waals surface area contributed by atoms with Crippen molar-refractivity contribution in [1.82, 2.24) is 0 Å². The lowest BCUT2D eigenvalue weighted by Gasteiger charge is -2.24. The van der Waals surface area contributed by atoms with E-state index in [9.17, 15) is 23.5 Å². The average Bonchev–Trinajstić information content (AvgIpc) is 3.37. The molecule has 1 fully saturated rings. The lowest BCUT2D eigenvalue weighted by molar-refractivity contribution is -0.132. The number of ketones is 1. The molecule has 5 nitrogen and oxygen atoms in total. The van der Waals surface area contributed by atoms with Gasteiger partial charge in [0.2, 0.25) is 0 Å². The minimum absolute atomic E-state index is 0.0184. The molecule has 0 aliphatic carbocycles. The molecule has 0 spiro atoms. The van der Waals surface area contributed by atoms with Crippen molar-refractivity contribution in [2.24, 2.45) is 0 Å². The number of halogens is 2.